The lowest BCUT2D eigenvalue weighted by atomic mass is 9.97. The van der Waals surface area contributed by atoms with Crippen LogP contribution in [0.4, 0.5) is 0 Å². The molecule has 1 fully saturated rings. The van der Waals surface area contributed by atoms with Crippen molar-refractivity contribution in [3.63, 3.8) is 0 Å². The van der Waals surface area contributed by atoms with E-state index in [1.807, 2.05) is 32.2 Å². The number of nitrogens with zero attached hydrogens (tertiary/aromatic N) is 3. The molecule has 1 aliphatic rings. The maximum absolute atomic E-state index is 12.1. The predicted octanol–water partition coefficient (Wildman–Crippen LogP) is 3.87. The molecule has 1 aliphatic heterocycles. The van der Waals surface area contributed by atoms with Crippen molar-refractivity contribution in [2.24, 2.45) is 5.41 Å². The summed E-state index contributed by atoms with van der Waals surface area (Å²) in [5, 5.41) is 11.7. The van der Waals surface area contributed by atoms with Crippen LogP contribution in [-0.4, -0.2) is 45.8 Å². The topological polar surface area (TPSA) is 66.2 Å². The maximum atomic E-state index is 12.1. The van der Waals surface area contributed by atoms with E-state index in [1.165, 1.54) is 0 Å². The summed E-state index contributed by atoms with van der Waals surface area (Å²) in [5.74, 6) is 1.27. The van der Waals surface area contributed by atoms with Crippen molar-refractivity contribution in [3.8, 4) is 10.7 Å². The molecule has 0 saturated carbocycles. The van der Waals surface area contributed by atoms with Crippen LogP contribution in [0.1, 0.15) is 33.6 Å². The van der Waals surface area contributed by atoms with Crippen LogP contribution in [0.15, 0.2) is 22.7 Å². The summed E-state index contributed by atoms with van der Waals surface area (Å²) < 4.78 is 13.1. The lowest BCUT2D eigenvalue weighted by Gasteiger charge is -2.21. The number of esters is 1. The Morgan fingerprint density at radius 1 is 1.50 bits per heavy atom. The fraction of sp³-hybridized carbons (Fsp3) is 0.611. The molecule has 8 heteroatoms. The van der Waals surface area contributed by atoms with Crippen LogP contribution in [0.25, 0.3) is 10.7 Å². The van der Waals surface area contributed by atoms with Gasteiger partial charge in [0.05, 0.1) is 29.5 Å². The maximum Gasteiger partial charge on any atom is 0.312 e. The van der Waals surface area contributed by atoms with E-state index in [0.717, 1.165) is 41.9 Å². The number of rotatable bonds is 8. The summed E-state index contributed by atoms with van der Waals surface area (Å²) in [7, 11) is 0. The monoisotopic (exact) mass is 395 g/mol. The van der Waals surface area contributed by atoms with E-state index in [9.17, 15) is 4.79 Å². The van der Waals surface area contributed by atoms with Crippen molar-refractivity contribution in [2.45, 2.75) is 51.4 Å². The molecule has 0 aromatic carbocycles. The van der Waals surface area contributed by atoms with Gasteiger partial charge >= 0.3 is 5.97 Å². The lowest BCUT2D eigenvalue weighted by molar-refractivity contribution is -0.152. The van der Waals surface area contributed by atoms with Gasteiger partial charge in [-0.1, -0.05) is 17.8 Å². The quantitative estimate of drug-likeness (QED) is 0.499. The van der Waals surface area contributed by atoms with E-state index in [2.05, 4.69) is 20.8 Å². The third kappa shape index (κ3) is 4.47. The van der Waals surface area contributed by atoms with Crippen LogP contribution in [0.2, 0.25) is 0 Å². The minimum absolute atomic E-state index is 0.184. The number of ether oxygens (including phenoxy) is 2. The molecule has 0 N–H and O–H groups in total. The van der Waals surface area contributed by atoms with Crippen LogP contribution < -0.4 is 0 Å². The van der Waals surface area contributed by atoms with Crippen LogP contribution >= 0.6 is 23.1 Å². The normalized spacial score (nSPS) is 17.6. The van der Waals surface area contributed by atoms with Crippen LogP contribution in [0.5, 0.6) is 0 Å². The molecule has 0 bridgehead atoms. The summed E-state index contributed by atoms with van der Waals surface area (Å²) in [4.78, 5) is 13.2. The number of aromatic nitrogens is 3. The van der Waals surface area contributed by atoms with Crippen LogP contribution in [0.3, 0.4) is 0 Å². The first-order valence-electron chi connectivity index (χ1n) is 8.90. The Kier molecular flexibility index (Phi) is 6.37. The van der Waals surface area contributed by atoms with Gasteiger partial charge in [0.15, 0.2) is 11.0 Å². The Morgan fingerprint density at radius 2 is 2.35 bits per heavy atom. The first-order chi connectivity index (χ1) is 12.5. The van der Waals surface area contributed by atoms with Gasteiger partial charge in [0.1, 0.15) is 0 Å². The highest BCUT2D eigenvalue weighted by atomic mass is 32.2. The molecular formula is C18H25N3O3S2. The third-order valence-corrected chi connectivity index (χ3v) is 6.55. The molecule has 0 aliphatic carbocycles. The molecule has 0 spiro atoms. The van der Waals surface area contributed by atoms with Crippen molar-refractivity contribution in [1.82, 2.24) is 14.8 Å². The van der Waals surface area contributed by atoms with Gasteiger partial charge in [-0.2, -0.15) is 0 Å². The molecular weight excluding hydrogens is 370 g/mol. The molecule has 1 atom stereocenters. The average molecular weight is 396 g/mol. The second-order valence-corrected chi connectivity index (χ2v) is 8.81. The standard InChI is InChI=1S/C18H25N3O3S2/c1-4-23-16(22)18(2,3)12-26-17-20-19-15(14-8-6-10-25-14)21(17)11-13-7-5-9-24-13/h6,8,10,13H,4-5,7,9,11-12H2,1-3H3/t13-/m1/s1. The minimum atomic E-state index is -0.579. The lowest BCUT2D eigenvalue weighted by Crippen LogP contribution is -2.29. The molecule has 3 heterocycles. The molecule has 0 radical (unpaired) electrons. The van der Waals surface area contributed by atoms with E-state index >= 15 is 0 Å². The van der Waals surface area contributed by atoms with Gasteiger partial charge in [0.25, 0.3) is 0 Å². The molecule has 6 nitrogen and oxygen atoms in total. The number of thiophene rings is 1. The SMILES string of the molecule is CCOC(=O)C(C)(C)CSc1nnc(-c2cccs2)n1C[C@H]1CCCO1. The van der Waals surface area contributed by atoms with Crippen LogP contribution in [-0.2, 0) is 20.8 Å². The Bertz CT molecular complexity index is 722. The fourth-order valence-electron chi connectivity index (χ4n) is 2.77. The molecule has 142 valence electrons. The summed E-state index contributed by atoms with van der Waals surface area (Å²) >= 11 is 3.20. The highest BCUT2D eigenvalue weighted by molar-refractivity contribution is 7.99. The number of carbonyl (C=O) groups excluding carboxylic acids is 1. The number of thioether (sulfide) groups is 1. The molecule has 3 rings (SSSR count). The van der Waals surface area contributed by atoms with Gasteiger partial charge in [0.2, 0.25) is 0 Å². The molecule has 1 saturated heterocycles. The highest BCUT2D eigenvalue weighted by Crippen LogP contribution is 2.32. The first-order valence-corrected chi connectivity index (χ1v) is 10.8. The second kappa shape index (κ2) is 8.54. The minimum Gasteiger partial charge on any atom is -0.466 e. The second-order valence-electron chi connectivity index (χ2n) is 6.92. The molecule has 2 aromatic heterocycles. The van der Waals surface area contributed by atoms with E-state index in [4.69, 9.17) is 9.47 Å². The van der Waals surface area contributed by atoms with Gasteiger partial charge in [-0.05, 0) is 45.1 Å². The molecule has 26 heavy (non-hydrogen) atoms. The fourth-order valence-corrected chi connectivity index (χ4v) is 4.51. The van der Waals surface area contributed by atoms with Crippen molar-refractivity contribution in [2.75, 3.05) is 19.0 Å². The zero-order chi connectivity index (χ0) is 18.6. The van der Waals surface area contributed by atoms with E-state index in [0.29, 0.717) is 12.4 Å². The van der Waals surface area contributed by atoms with Gasteiger partial charge in [-0.3, -0.25) is 9.36 Å². The molecule has 0 unspecified atom stereocenters. The number of hydrogen-bond donors (Lipinski definition) is 0. The zero-order valence-corrected chi connectivity index (χ0v) is 17.1. The Morgan fingerprint density at radius 3 is 3.00 bits per heavy atom. The van der Waals surface area contributed by atoms with Crippen molar-refractivity contribution in [1.29, 1.82) is 0 Å². The zero-order valence-electron chi connectivity index (χ0n) is 15.4. The van der Waals surface area contributed by atoms with Gasteiger partial charge in [-0.15, -0.1) is 21.5 Å². The van der Waals surface area contributed by atoms with Crippen LogP contribution in [0, 0.1) is 5.41 Å². The molecule has 0 amide bonds. The summed E-state index contributed by atoms with van der Waals surface area (Å²) in [5.41, 5.74) is -0.579. The van der Waals surface area contributed by atoms with Crippen molar-refractivity contribution >= 4 is 29.1 Å². The predicted molar refractivity (Wildman–Crippen MR) is 103 cm³/mol. The average Bonchev–Trinajstić information content (AvgIpc) is 3.36. The van der Waals surface area contributed by atoms with E-state index < -0.39 is 5.41 Å². The summed E-state index contributed by atoms with van der Waals surface area (Å²) in [6.07, 6.45) is 2.35. The Labute approximate surface area is 162 Å². The Balaban J connectivity index is 1.78. The molecule has 2 aromatic rings. The third-order valence-electron chi connectivity index (χ3n) is 4.26. The van der Waals surface area contributed by atoms with Crippen molar-refractivity contribution in [3.05, 3.63) is 17.5 Å². The van der Waals surface area contributed by atoms with E-state index in [1.54, 1.807) is 23.1 Å². The smallest absolute Gasteiger partial charge is 0.312 e. The Hall–Kier alpha value is -1.38. The highest BCUT2D eigenvalue weighted by Gasteiger charge is 2.31. The number of hydrogen-bond acceptors (Lipinski definition) is 7. The van der Waals surface area contributed by atoms with Crippen molar-refractivity contribution < 1.29 is 14.3 Å². The first kappa shape index (κ1) is 19.4. The summed E-state index contributed by atoms with van der Waals surface area (Å²) in [6, 6.07) is 4.07. The summed E-state index contributed by atoms with van der Waals surface area (Å²) in [6.45, 7) is 7.58. The number of carbonyl (C=O) groups is 1. The van der Waals surface area contributed by atoms with Gasteiger partial charge < -0.3 is 9.47 Å². The largest absolute Gasteiger partial charge is 0.466 e. The van der Waals surface area contributed by atoms with Gasteiger partial charge in [-0.25, -0.2) is 0 Å². The van der Waals surface area contributed by atoms with E-state index in [-0.39, 0.29) is 12.1 Å². The van der Waals surface area contributed by atoms with Gasteiger partial charge in [0, 0.05) is 12.4 Å².